The van der Waals surface area contributed by atoms with E-state index in [-0.39, 0.29) is 16.9 Å². The molecular formula is C15H17N5O2. The monoisotopic (exact) mass is 299 g/mol. The third-order valence-electron chi connectivity index (χ3n) is 2.79. The van der Waals surface area contributed by atoms with E-state index in [0.717, 1.165) is 11.1 Å². The molecule has 0 saturated carbocycles. The summed E-state index contributed by atoms with van der Waals surface area (Å²) >= 11 is 0. The van der Waals surface area contributed by atoms with Crippen LogP contribution in [-0.2, 0) is 6.54 Å². The zero-order valence-electron chi connectivity index (χ0n) is 11.8. The van der Waals surface area contributed by atoms with Crippen LogP contribution in [0.1, 0.15) is 11.1 Å². The maximum absolute atomic E-state index is 8.83. The molecule has 0 saturated heterocycles. The van der Waals surface area contributed by atoms with Crippen molar-refractivity contribution in [3.05, 3.63) is 65.7 Å². The number of hydrazone groups is 1. The highest BCUT2D eigenvalue weighted by Gasteiger charge is 1.97. The number of anilines is 1. The molecule has 0 aliphatic heterocycles. The fourth-order valence-corrected chi connectivity index (χ4v) is 1.66. The Morgan fingerprint density at radius 1 is 1.09 bits per heavy atom. The number of nitrogens with two attached hydrogens (primary N) is 1. The molecule has 2 aromatic rings. The van der Waals surface area contributed by atoms with Gasteiger partial charge in [-0.1, -0.05) is 42.5 Å². The van der Waals surface area contributed by atoms with Crippen molar-refractivity contribution in [2.24, 2.45) is 15.8 Å². The Labute approximate surface area is 127 Å². The maximum atomic E-state index is 8.83. The van der Waals surface area contributed by atoms with E-state index < -0.39 is 0 Å². The van der Waals surface area contributed by atoms with Crippen LogP contribution in [0.3, 0.4) is 0 Å². The Balaban J connectivity index is 1.86. The first kappa shape index (κ1) is 15.5. The lowest BCUT2D eigenvalue weighted by Gasteiger charge is -2.06. The van der Waals surface area contributed by atoms with Gasteiger partial charge in [-0.3, -0.25) is 10.4 Å². The highest BCUT2D eigenvalue weighted by atomic mass is 16.8. The number of nitrogens with zero attached hydrogens (tertiary/aromatic N) is 3. The zero-order valence-corrected chi connectivity index (χ0v) is 11.8. The molecule has 0 aromatic heterocycles. The minimum absolute atomic E-state index is 0.0490. The summed E-state index contributed by atoms with van der Waals surface area (Å²) in [6.45, 7) is 0.479. The van der Waals surface area contributed by atoms with Gasteiger partial charge in [0.15, 0.2) is 0 Å². The lowest BCUT2D eigenvalue weighted by Crippen LogP contribution is -2.27. The second kappa shape index (κ2) is 7.77. The maximum Gasteiger partial charge on any atom is 0.209 e. The molecule has 0 atom stereocenters. The first-order valence-electron chi connectivity index (χ1n) is 6.56. The van der Waals surface area contributed by atoms with E-state index in [4.69, 9.17) is 16.1 Å². The van der Waals surface area contributed by atoms with Crippen LogP contribution in [0.2, 0.25) is 0 Å². The van der Waals surface area contributed by atoms with Crippen LogP contribution in [0, 0.1) is 0 Å². The zero-order chi connectivity index (χ0) is 15.8. The normalized spacial score (nSPS) is 11.6. The molecule has 0 fully saturated rings. The Kier molecular flexibility index (Phi) is 5.47. The van der Waals surface area contributed by atoms with Crippen LogP contribution >= 0.6 is 0 Å². The lowest BCUT2D eigenvalue weighted by atomic mass is 10.2. The molecule has 0 heterocycles. The van der Waals surface area contributed by atoms with Gasteiger partial charge < -0.3 is 5.73 Å². The lowest BCUT2D eigenvalue weighted by molar-refractivity contribution is 0.0291. The van der Waals surface area contributed by atoms with Gasteiger partial charge in [0.25, 0.3) is 0 Å². The molecule has 0 bridgehead atoms. The molecular weight excluding hydrogens is 282 g/mol. The topological polar surface area (TPSA) is 106 Å². The number of aliphatic imine (C=N–C) groups is 1. The van der Waals surface area contributed by atoms with Crippen LogP contribution in [-0.4, -0.2) is 22.6 Å². The Morgan fingerprint density at radius 2 is 1.77 bits per heavy atom. The second-order valence-corrected chi connectivity index (χ2v) is 4.44. The Morgan fingerprint density at radius 3 is 2.41 bits per heavy atom. The van der Waals surface area contributed by atoms with Crippen LogP contribution < -0.4 is 16.4 Å². The Hall–Kier alpha value is -2.90. The van der Waals surface area contributed by atoms with Gasteiger partial charge in [-0.25, -0.2) is 10.4 Å². The molecule has 0 aliphatic rings. The average molecular weight is 299 g/mol. The predicted molar refractivity (Wildman–Crippen MR) is 85.0 cm³/mol. The average Bonchev–Trinajstić information content (AvgIpc) is 2.54. The highest BCUT2D eigenvalue weighted by Crippen LogP contribution is 2.10. The largest absolute Gasteiger partial charge is 0.369 e. The van der Waals surface area contributed by atoms with Crippen LogP contribution in [0.5, 0.6) is 0 Å². The Bertz CT molecular complexity index is 639. The molecule has 7 nitrogen and oxygen atoms in total. The summed E-state index contributed by atoms with van der Waals surface area (Å²) in [5, 5.41) is 21.7. The fraction of sp³-hybridized carbons (Fsp3) is 0.0667. The van der Waals surface area contributed by atoms with Crippen LogP contribution in [0.15, 0.2) is 64.7 Å². The molecule has 0 amide bonds. The molecule has 0 spiro atoms. The van der Waals surface area contributed by atoms with E-state index in [1.807, 2.05) is 30.3 Å². The van der Waals surface area contributed by atoms with Gasteiger partial charge in [0, 0.05) is 0 Å². The SMILES string of the molecule is NC(=NCc1ccccc1)NN=Cc1ccc(N(O)O)cc1. The molecule has 0 unspecified atom stereocenters. The molecule has 5 N–H and O–H groups in total. The molecule has 0 aliphatic carbocycles. The molecule has 2 rings (SSSR count). The highest BCUT2D eigenvalue weighted by molar-refractivity contribution is 5.83. The minimum Gasteiger partial charge on any atom is -0.369 e. The quantitative estimate of drug-likeness (QED) is 0.382. The fourth-order valence-electron chi connectivity index (χ4n) is 1.66. The van der Waals surface area contributed by atoms with Crippen molar-refractivity contribution in [3.8, 4) is 0 Å². The van der Waals surface area contributed by atoms with Crippen LogP contribution in [0.25, 0.3) is 0 Å². The second-order valence-electron chi connectivity index (χ2n) is 4.44. The van der Waals surface area contributed by atoms with Crippen LogP contribution in [0.4, 0.5) is 5.69 Å². The summed E-state index contributed by atoms with van der Waals surface area (Å²) in [5.74, 6) is 0.216. The predicted octanol–water partition coefficient (Wildman–Crippen LogP) is 1.71. The van der Waals surface area contributed by atoms with Crippen molar-refractivity contribution < 1.29 is 10.4 Å². The first-order valence-corrected chi connectivity index (χ1v) is 6.56. The summed E-state index contributed by atoms with van der Waals surface area (Å²) in [7, 11) is 0. The van der Waals surface area contributed by atoms with Gasteiger partial charge in [0.2, 0.25) is 5.96 Å². The van der Waals surface area contributed by atoms with E-state index >= 15 is 0 Å². The van der Waals surface area contributed by atoms with Gasteiger partial charge in [-0.15, -0.1) is 5.23 Å². The summed E-state index contributed by atoms with van der Waals surface area (Å²) in [6, 6.07) is 16.2. The van der Waals surface area contributed by atoms with E-state index in [1.54, 1.807) is 18.3 Å². The smallest absolute Gasteiger partial charge is 0.209 e. The summed E-state index contributed by atoms with van der Waals surface area (Å²) < 4.78 is 0. The van der Waals surface area contributed by atoms with Gasteiger partial charge in [0.1, 0.15) is 0 Å². The molecule has 2 aromatic carbocycles. The van der Waals surface area contributed by atoms with Crippen molar-refractivity contribution >= 4 is 17.9 Å². The standard InChI is InChI=1S/C15H17N5O2/c16-15(17-10-12-4-2-1-3-5-12)19-18-11-13-6-8-14(9-7-13)20(21)22/h1-9,11,21-22H,10H2,(H3,16,17,19). The van der Waals surface area contributed by atoms with E-state index in [0.29, 0.717) is 6.54 Å². The van der Waals surface area contributed by atoms with Gasteiger partial charge in [-0.2, -0.15) is 5.10 Å². The summed E-state index contributed by atoms with van der Waals surface area (Å²) in [5.41, 5.74) is 10.4. The van der Waals surface area contributed by atoms with Crippen molar-refractivity contribution in [1.29, 1.82) is 0 Å². The van der Waals surface area contributed by atoms with E-state index in [1.165, 1.54) is 12.1 Å². The minimum atomic E-state index is 0.0490. The molecule has 22 heavy (non-hydrogen) atoms. The first-order chi connectivity index (χ1) is 10.6. The van der Waals surface area contributed by atoms with Gasteiger partial charge in [-0.05, 0) is 23.3 Å². The van der Waals surface area contributed by atoms with Crippen molar-refractivity contribution in [1.82, 2.24) is 5.43 Å². The van der Waals surface area contributed by atoms with Crippen molar-refractivity contribution in [3.63, 3.8) is 0 Å². The summed E-state index contributed by atoms with van der Waals surface area (Å²) in [6.07, 6.45) is 1.55. The number of guanidine groups is 1. The van der Waals surface area contributed by atoms with Gasteiger partial charge in [0.05, 0.1) is 18.4 Å². The molecule has 0 radical (unpaired) electrons. The number of hydrogen-bond donors (Lipinski definition) is 4. The van der Waals surface area contributed by atoms with Gasteiger partial charge >= 0.3 is 0 Å². The van der Waals surface area contributed by atoms with Crippen molar-refractivity contribution in [2.75, 3.05) is 5.23 Å². The van der Waals surface area contributed by atoms with E-state index in [9.17, 15) is 0 Å². The number of nitrogens with one attached hydrogen (secondary N) is 1. The summed E-state index contributed by atoms with van der Waals surface area (Å²) in [4.78, 5) is 4.16. The van der Waals surface area contributed by atoms with Crippen molar-refractivity contribution in [2.45, 2.75) is 6.54 Å². The number of rotatable bonds is 5. The number of hydrogen-bond acceptors (Lipinski definition) is 5. The molecule has 7 heteroatoms. The van der Waals surface area contributed by atoms with E-state index in [2.05, 4.69) is 15.5 Å². The number of benzene rings is 2. The third-order valence-corrected chi connectivity index (χ3v) is 2.79. The third kappa shape index (κ3) is 4.89. The molecule has 114 valence electrons.